The lowest BCUT2D eigenvalue weighted by molar-refractivity contribution is 0.575. The Labute approximate surface area is 241 Å². The molecule has 0 atom stereocenters. The number of nitrogens with zero attached hydrogens (tertiary/aromatic N) is 1. The van der Waals surface area contributed by atoms with E-state index in [2.05, 4.69) is 82.5 Å². The van der Waals surface area contributed by atoms with E-state index in [4.69, 9.17) is 4.98 Å². The van der Waals surface area contributed by atoms with Crippen molar-refractivity contribution in [3.63, 3.8) is 0 Å². The van der Waals surface area contributed by atoms with Gasteiger partial charge in [0.25, 0.3) is 0 Å². The Bertz CT molecular complexity index is 1530. The van der Waals surface area contributed by atoms with Gasteiger partial charge in [-0.15, -0.1) is 0 Å². The normalized spacial score (nSPS) is 11.9. The summed E-state index contributed by atoms with van der Waals surface area (Å²) in [4.78, 5) is 8.56. The molecular formula is C34H34FN3O2S. The number of aromatic amines is 1. The fourth-order valence-corrected chi connectivity index (χ4v) is 6.42. The van der Waals surface area contributed by atoms with E-state index in [9.17, 15) is 12.8 Å². The maximum absolute atomic E-state index is 13.1. The highest BCUT2D eigenvalue weighted by Gasteiger charge is 2.40. The zero-order valence-corrected chi connectivity index (χ0v) is 23.7. The molecule has 1 heterocycles. The van der Waals surface area contributed by atoms with E-state index in [1.54, 1.807) is 12.1 Å². The van der Waals surface area contributed by atoms with E-state index >= 15 is 0 Å². The van der Waals surface area contributed by atoms with E-state index in [0.29, 0.717) is 6.42 Å². The van der Waals surface area contributed by atoms with E-state index in [1.807, 2.05) is 24.4 Å². The molecule has 0 aliphatic heterocycles. The topological polar surface area (TPSA) is 74.8 Å². The van der Waals surface area contributed by atoms with Crippen molar-refractivity contribution in [3.8, 4) is 0 Å². The Hall–Kier alpha value is -4.07. The van der Waals surface area contributed by atoms with Gasteiger partial charge >= 0.3 is 0 Å². The Morgan fingerprint density at radius 3 is 1.78 bits per heavy atom. The van der Waals surface area contributed by atoms with Crippen molar-refractivity contribution in [3.05, 3.63) is 161 Å². The van der Waals surface area contributed by atoms with Crippen molar-refractivity contribution in [2.45, 2.75) is 37.6 Å². The fraction of sp³-hybridized carbons (Fsp3) is 0.206. The van der Waals surface area contributed by atoms with Gasteiger partial charge in [0.2, 0.25) is 10.0 Å². The Morgan fingerprint density at radius 2 is 1.24 bits per heavy atom. The van der Waals surface area contributed by atoms with Crippen LogP contribution in [0.3, 0.4) is 0 Å². The number of unbranched alkanes of at least 4 members (excludes halogenated alkanes) is 2. The summed E-state index contributed by atoms with van der Waals surface area (Å²) in [7, 11) is -3.41. The van der Waals surface area contributed by atoms with E-state index in [1.165, 1.54) is 12.1 Å². The Balaban J connectivity index is 1.27. The van der Waals surface area contributed by atoms with E-state index < -0.39 is 15.4 Å². The van der Waals surface area contributed by atoms with Crippen LogP contribution >= 0.6 is 0 Å². The number of halogens is 1. The molecule has 5 nitrogen and oxygen atoms in total. The van der Waals surface area contributed by atoms with Gasteiger partial charge in [0.05, 0.1) is 5.75 Å². The highest BCUT2D eigenvalue weighted by molar-refractivity contribution is 7.89. The van der Waals surface area contributed by atoms with Gasteiger partial charge < -0.3 is 4.98 Å². The molecule has 2 N–H and O–H groups in total. The summed E-state index contributed by atoms with van der Waals surface area (Å²) < 4.78 is 40.5. The summed E-state index contributed by atoms with van der Waals surface area (Å²) in [5.74, 6) is 0.567. The minimum Gasteiger partial charge on any atom is -0.345 e. The molecule has 0 aliphatic carbocycles. The minimum atomic E-state index is -3.41. The zero-order valence-electron chi connectivity index (χ0n) is 22.8. The molecule has 0 bridgehead atoms. The molecule has 0 fully saturated rings. The van der Waals surface area contributed by atoms with Gasteiger partial charge in [-0.3, -0.25) is 0 Å². The second-order valence-corrected chi connectivity index (χ2v) is 12.1. The minimum absolute atomic E-state index is 0.0571. The number of sulfonamides is 1. The molecule has 7 heteroatoms. The van der Waals surface area contributed by atoms with Crippen LogP contribution in [0.1, 0.15) is 53.0 Å². The number of benzene rings is 4. The van der Waals surface area contributed by atoms with Gasteiger partial charge in [-0.2, -0.15) is 0 Å². The van der Waals surface area contributed by atoms with Crippen molar-refractivity contribution in [2.75, 3.05) is 5.75 Å². The van der Waals surface area contributed by atoms with Gasteiger partial charge in [-0.25, -0.2) is 22.5 Å². The van der Waals surface area contributed by atoms with Gasteiger partial charge in [0, 0.05) is 18.4 Å². The smallest absolute Gasteiger partial charge is 0.211 e. The largest absolute Gasteiger partial charge is 0.345 e. The molecule has 0 unspecified atom stereocenters. The van der Waals surface area contributed by atoms with Crippen molar-refractivity contribution in [2.24, 2.45) is 0 Å². The standard InChI is InChI=1S/C34H34FN3O2S/c35-31-22-20-27(21-23-31)25-37-41(39,40)24-12-4-11-19-32-26-36-33(38-32)34(28-13-5-1-6-14-28,29-15-7-2-8-16-29)30-17-9-3-10-18-30/h1-3,5-10,13-18,20-23,26,37H,4,11-12,19,24-25H2,(H,36,38). The monoisotopic (exact) mass is 567 g/mol. The van der Waals surface area contributed by atoms with Crippen LogP contribution in [0.25, 0.3) is 0 Å². The number of nitrogens with one attached hydrogen (secondary N) is 2. The average Bonchev–Trinajstić information content (AvgIpc) is 3.48. The third-order valence-corrected chi connectivity index (χ3v) is 8.78. The van der Waals surface area contributed by atoms with Crippen LogP contribution in [0.4, 0.5) is 4.39 Å². The van der Waals surface area contributed by atoms with Gasteiger partial charge in [0.15, 0.2) is 0 Å². The molecule has 0 radical (unpaired) electrons. The van der Waals surface area contributed by atoms with Crippen molar-refractivity contribution in [1.29, 1.82) is 0 Å². The van der Waals surface area contributed by atoms with Crippen molar-refractivity contribution < 1.29 is 12.8 Å². The molecule has 0 aliphatic rings. The molecule has 210 valence electrons. The first kappa shape index (κ1) is 28.5. The first-order chi connectivity index (χ1) is 20.0. The Kier molecular flexibility index (Phi) is 9.07. The lowest BCUT2D eigenvalue weighted by Crippen LogP contribution is -2.32. The molecule has 5 aromatic rings. The predicted molar refractivity (Wildman–Crippen MR) is 161 cm³/mol. The molecular weight excluding hydrogens is 533 g/mol. The molecule has 0 amide bonds. The number of hydrogen-bond donors (Lipinski definition) is 2. The molecule has 41 heavy (non-hydrogen) atoms. The third-order valence-electron chi connectivity index (χ3n) is 7.37. The van der Waals surface area contributed by atoms with Crippen molar-refractivity contribution >= 4 is 10.0 Å². The van der Waals surface area contributed by atoms with Crippen LogP contribution in [0, 0.1) is 5.82 Å². The molecule has 4 aromatic carbocycles. The highest BCUT2D eigenvalue weighted by atomic mass is 32.2. The summed E-state index contributed by atoms with van der Waals surface area (Å²) in [6.45, 7) is 0.158. The van der Waals surface area contributed by atoms with Crippen molar-refractivity contribution in [1.82, 2.24) is 14.7 Å². The summed E-state index contributed by atoms with van der Waals surface area (Å²) in [5.41, 5.74) is 4.49. The summed E-state index contributed by atoms with van der Waals surface area (Å²) in [6.07, 6.45) is 4.84. The van der Waals surface area contributed by atoms with E-state index in [-0.39, 0.29) is 18.1 Å². The third kappa shape index (κ3) is 6.81. The summed E-state index contributed by atoms with van der Waals surface area (Å²) in [5, 5.41) is 0. The molecule has 1 aromatic heterocycles. The van der Waals surface area contributed by atoms with Crippen LogP contribution in [-0.2, 0) is 28.4 Å². The second-order valence-electron chi connectivity index (χ2n) is 10.2. The second kappa shape index (κ2) is 13.1. The van der Waals surface area contributed by atoms with Crippen LogP contribution in [0.5, 0.6) is 0 Å². The maximum Gasteiger partial charge on any atom is 0.211 e. The SMILES string of the molecule is O=S(=O)(CCCCCc1cnc(C(c2ccccc2)(c2ccccc2)c2ccccc2)[nH]1)NCc1ccc(F)cc1. The quantitative estimate of drug-likeness (QED) is 0.122. The number of hydrogen-bond acceptors (Lipinski definition) is 3. The number of rotatable bonds is 13. The fourth-order valence-electron chi connectivity index (χ4n) is 5.30. The first-order valence-electron chi connectivity index (χ1n) is 13.9. The molecule has 5 rings (SSSR count). The molecule has 0 spiro atoms. The van der Waals surface area contributed by atoms with Crippen LogP contribution in [0.2, 0.25) is 0 Å². The molecule has 0 saturated carbocycles. The van der Waals surface area contributed by atoms with Crippen LogP contribution in [0.15, 0.2) is 121 Å². The highest BCUT2D eigenvalue weighted by Crippen LogP contribution is 2.43. The van der Waals surface area contributed by atoms with Gasteiger partial charge in [-0.1, -0.05) is 110 Å². The maximum atomic E-state index is 13.1. The first-order valence-corrected chi connectivity index (χ1v) is 15.6. The number of H-pyrrole nitrogens is 1. The summed E-state index contributed by atoms with van der Waals surface area (Å²) in [6, 6.07) is 37.1. The lowest BCUT2D eigenvalue weighted by atomic mass is 9.69. The number of aryl methyl sites for hydroxylation is 1. The number of imidazole rings is 1. The Morgan fingerprint density at radius 1 is 0.707 bits per heavy atom. The lowest BCUT2D eigenvalue weighted by Gasteiger charge is -2.34. The summed E-state index contributed by atoms with van der Waals surface area (Å²) >= 11 is 0. The van der Waals surface area contributed by atoms with Crippen LogP contribution < -0.4 is 4.72 Å². The number of aromatic nitrogens is 2. The zero-order chi connectivity index (χ0) is 28.5. The predicted octanol–water partition coefficient (Wildman–Crippen LogP) is 6.76. The van der Waals surface area contributed by atoms with Crippen LogP contribution in [-0.4, -0.2) is 24.1 Å². The van der Waals surface area contributed by atoms with Gasteiger partial charge in [-0.05, 0) is 53.6 Å². The average molecular weight is 568 g/mol. The van der Waals surface area contributed by atoms with E-state index in [0.717, 1.165) is 53.0 Å². The molecule has 0 saturated heterocycles. The van der Waals surface area contributed by atoms with Gasteiger partial charge in [0.1, 0.15) is 17.1 Å².